The Morgan fingerprint density at radius 2 is 2.16 bits per heavy atom. The second kappa shape index (κ2) is 4.51. The van der Waals surface area contributed by atoms with Gasteiger partial charge in [-0.3, -0.25) is 5.10 Å². The maximum atomic E-state index is 5.69. The van der Waals surface area contributed by atoms with E-state index in [1.54, 1.807) is 6.20 Å². The van der Waals surface area contributed by atoms with Crippen LogP contribution in [0.4, 0.5) is 0 Å². The zero-order valence-corrected chi connectivity index (χ0v) is 11.1. The smallest absolute Gasteiger partial charge is 0.159 e. The van der Waals surface area contributed by atoms with Gasteiger partial charge in [-0.15, -0.1) is 0 Å². The molecule has 0 aliphatic rings. The first-order valence-electron chi connectivity index (χ1n) is 6.41. The minimum atomic E-state index is 0.326. The highest BCUT2D eigenvalue weighted by atomic mass is 15.2. The third kappa shape index (κ3) is 1.92. The number of nitrogens with zero attached hydrogens (tertiary/aromatic N) is 3. The van der Waals surface area contributed by atoms with Gasteiger partial charge in [-0.05, 0) is 37.6 Å². The Bertz CT molecular complexity index is 694. The van der Waals surface area contributed by atoms with Crippen LogP contribution in [-0.2, 0) is 6.54 Å². The van der Waals surface area contributed by atoms with Gasteiger partial charge < -0.3 is 10.3 Å². The van der Waals surface area contributed by atoms with Crippen LogP contribution in [0.25, 0.3) is 22.6 Å². The standard InChI is InChI=1S/C14H17N5/c1-9(2)19-13-4-3-10(8-15)7-12(13)17-14(19)11-5-6-16-18-11/h3-7,9H,8,15H2,1-2H3,(H,16,18). The molecule has 5 heteroatoms. The van der Waals surface area contributed by atoms with Gasteiger partial charge in [0.1, 0.15) is 5.69 Å². The van der Waals surface area contributed by atoms with Crippen LogP contribution < -0.4 is 5.73 Å². The second-order valence-corrected chi connectivity index (χ2v) is 4.90. The van der Waals surface area contributed by atoms with Crippen molar-refractivity contribution in [3.63, 3.8) is 0 Å². The zero-order valence-electron chi connectivity index (χ0n) is 11.1. The number of nitrogens with two attached hydrogens (primary N) is 1. The molecule has 3 N–H and O–H groups in total. The van der Waals surface area contributed by atoms with Gasteiger partial charge in [-0.25, -0.2) is 4.98 Å². The Balaban J connectivity index is 2.29. The third-order valence-electron chi connectivity index (χ3n) is 3.25. The van der Waals surface area contributed by atoms with Crippen LogP contribution in [-0.4, -0.2) is 19.7 Å². The van der Waals surface area contributed by atoms with Gasteiger partial charge in [0.05, 0.1) is 11.0 Å². The predicted octanol–water partition coefficient (Wildman–Crippen LogP) is 2.47. The zero-order chi connectivity index (χ0) is 13.4. The Kier molecular flexibility index (Phi) is 2.83. The number of H-pyrrole nitrogens is 1. The lowest BCUT2D eigenvalue weighted by molar-refractivity contribution is 0.623. The Morgan fingerprint density at radius 3 is 2.79 bits per heavy atom. The Labute approximate surface area is 111 Å². The molecule has 0 aliphatic carbocycles. The summed E-state index contributed by atoms with van der Waals surface area (Å²) in [4.78, 5) is 4.72. The van der Waals surface area contributed by atoms with E-state index in [9.17, 15) is 0 Å². The van der Waals surface area contributed by atoms with E-state index in [2.05, 4.69) is 40.7 Å². The summed E-state index contributed by atoms with van der Waals surface area (Å²) in [6.45, 7) is 4.83. The van der Waals surface area contributed by atoms with Crippen molar-refractivity contribution in [3.8, 4) is 11.5 Å². The van der Waals surface area contributed by atoms with E-state index in [1.165, 1.54) is 0 Å². The molecule has 0 spiro atoms. The first-order valence-corrected chi connectivity index (χ1v) is 6.41. The number of rotatable bonds is 3. The maximum Gasteiger partial charge on any atom is 0.159 e. The summed E-state index contributed by atoms with van der Waals surface area (Å²) >= 11 is 0. The van der Waals surface area contributed by atoms with Crippen molar-refractivity contribution < 1.29 is 0 Å². The van der Waals surface area contributed by atoms with Gasteiger partial charge in [0.2, 0.25) is 0 Å². The molecule has 0 atom stereocenters. The molecule has 98 valence electrons. The average Bonchev–Trinajstić information content (AvgIpc) is 3.04. The number of nitrogens with one attached hydrogen (secondary N) is 1. The molecule has 0 saturated carbocycles. The fourth-order valence-electron chi connectivity index (χ4n) is 2.36. The molecule has 0 bridgehead atoms. The molecule has 0 unspecified atom stereocenters. The lowest BCUT2D eigenvalue weighted by atomic mass is 10.2. The number of hydrogen-bond donors (Lipinski definition) is 2. The molecule has 5 nitrogen and oxygen atoms in total. The van der Waals surface area contributed by atoms with E-state index >= 15 is 0 Å². The molecule has 0 aliphatic heterocycles. The van der Waals surface area contributed by atoms with E-state index in [0.717, 1.165) is 28.1 Å². The molecule has 0 radical (unpaired) electrons. The summed E-state index contributed by atoms with van der Waals surface area (Å²) in [5, 5.41) is 6.98. The molecule has 0 fully saturated rings. The van der Waals surface area contributed by atoms with Gasteiger partial charge in [-0.1, -0.05) is 6.07 Å². The summed E-state index contributed by atoms with van der Waals surface area (Å²) in [6.07, 6.45) is 1.74. The lowest BCUT2D eigenvalue weighted by Crippen LogP contribution is -2.03. The number of benzene rings is 1. The number of aromatic nitrogens is 4. The summed E-state index contributed by atoms with van der Waals surface area (Å²) in [6, 6.07) is 8.45. The highest BCUT2D eigenvalue weighted by Gasteiger charge is 2.15. The Morgan fingerprint density at radius 1 is 1.32 bits per heavy atom. The molecule has 2 heterocycles. The van der Waals surface area contributed by atoms with Crippen molar-refractivity contribution in [1.82, 2.24) is 19.7 Å². The highest BCUT2D eigenvalue weighted by Crippen LogP contribution is 2.27. The van der Waals surface area contributed by atoms with Crippen LogP contribution in [0.3, 0.4) is 0 Å². The van der Waals surface area contributed by atoms with Gasteiger partial charge in [0, 0.05) is 18.8 Å². The maximum absolute atomic E-state index is 5.69. The molecular weight excluding hydrogens is 238 g/mol. The Hall–Kier alpha value is -2.14. The van der Waals surface area contributed by atoms with E-state index in [-0.39, 0.29) is 0 Å². The molecule has 2 aromatic heterocycles. The van der Waals surface area contributed by atoms with Crippen LogP contribution in [0.2, 0.25) is 0 Å². The summed E-state index contributed by atoms with van der Waals surface area (Å²) < 4.78 is 2.21. The summed E-state index contributed by atoms with van der Waals surface area (Å²) in [7, 11) is 0. The topological polar surface area (TPSA) is 72.5 Å². The molecule has 3 aromatic rings. The van der Waals surface area contributed by atoms with Crippen LogP contribution in [0, 0.1) is 0 Å². The monoisotopic (exact) mass is 255 g/mol. The summed E-state index contributed by atoms with van der Waals surface area (Å²) in [5.74, 6) is 0.914. The molecule has 0 amide bonds. The summed E-state index contributed by atoms with van der Waals surface area (Å²) in [5.41, 5.74) is 9.81. The lowest BCUT2D eigenvalue weighted by Gasteiger charge is -2.12. The first-order chi connectivity index (χ1) is 9.20. The fraction of sp³-hybridized carbons (Fsp3) is 0.286. The minimum absolute atomic E-state index is 0.326. The van der Waals surface area contributed by atoms with Gasteiger partial charge >= 0.3 is 0 Å². The van der Waals surface area contributed by atoms with E-state index in [4.69, 9.17) is 10.7 Å². The third-order valence-corrected chi connectivity index (χ3v) is 3.25. The second-order valence-electron chi connectivity index (χ2n) is 4.90. The fourth-order valence-corrected chi connectivity index (χ4v) is 2.36. The predicted molar refractivity (Wildman–Crippen MR) is 75.6 cm³/mol. The van der Waals surface area contributed by atoms with Gasteiger partial charge in [0.15, 0.2) is 5.82 Å². The molecular formula is C14H17N5. The van der Waals surface area contributed by atoms with Crippen molar-refractivity contribution >= 4 is 11.0 Å². The van der Waals surface area contributed by atoms with Gasteiger partial charge in [-0.2, -0.15) is 5.10 Å². The number of fused-ring (bicyclic) bond motifs is 1. The number of hydrogen-bond acceptors (Lipinski definition) is 3. The first kappa shape index (κ1) is 11.9. The molecule has 3 rings (SSSR count). The molecule has 0 saturated heterocycles. The van der Waals surface area contributed by atoms with Crippen LogP contribution in [0.1, 0.15) is 25.5 Å². The van der Waals surface area contributed by atoms with Crippen molar-refractivity contribution in [1.29, 1.82) is 0 Å². The van der Waals surface area contributed by atoms with Crippen molar-refractivity contribution in [3.05, 3.63) is 36.0 Å². The average molecular weight is 255 g/mol. The normalized spacial score (nSPS) is 11.6. The van der Waals surface area contributed by atoms with Crippen LogP contribution in [0.5, 0.6) is 0 Å². The number of aromatic amines is 1. The minimum Gasteiger partial charge on any atom is -0.326 e. The van der Waals surface area contributed by atoms with Gasteiger partial charge in [0.25, 0.3) is 0 Å². The largest absolute Gasteiger partial charge is 0.326 e. The number of imidazole rings is 1. The van der Waals surface area contributed by atoms with E-state index in [0.29, 0.717) is 12.6 Å². The van der Waals surface area contributed by atoms with Crippen LogP contribution in [0.15, 0.2) is 30.5 Å². The van der Waals surface area contributed by atoms with Crippen molar-refractivity contribution in [2.24, 2.45) is 5.73 Å². The van der Waals surface area contributed by atoms with Crippen molar-refractivity contribution in [2.45, 2.75) is 26.4 Å². The SMILES string of the molecule is CC(C)n1c(-c2ccn[nH]2)nc2cc(CN)ccc21. The molecule has 1 aromatic carbocycles. The van der Waals surface area contributed by atoms with E-state index in [1.807, 2.05) is 12.1 Å². The highest BCUT2D eigenvalue weighted by molar-refractivity contribution is 5.81. The molecule has 19 heavy (non-hydrogen) atoms. The van der Waals surface area contributed by atoms with Crippen molar-refractivity contribution in [2.75, 3.05) is 0 Å². The van der Waals surface area contributed by atoms with Crippen LogP contribution >= 0.6 is 0 Å². The quantitative estimate of drug-likeness (QED) is 0.755. The van der Waals surface area contributed by atoms with E-state index < -0.39 is 0 Å².